The number of hydrogen-bond acceptors (Lipinski definition) is 4. The third-order valence-electron chi connectivity index (χ3n) is 3.49. The number of thiophene rings is 1. The number of unbranched alkanes of at least 4 members (excludes halogenated alkanes) is 3. The van der Waals surface area contributed by atoms with Gasteiger partial charge in [-0.3, -0.25) is 9.36 Å². The topological polar surface area (TPSA) is 81.3 Å². The van der Waals surface area contributed by atoms with Crippen LogP contribution in [0.15, 0.2) is 15.7 Å². The van der Waals surface area contributed by atoms with Crippen LogP contribution in [-0.4, -0.2) is 20.2 Å². The fraction of sp³-hybridized carbons (Fsp3) is 0.438. The third kappa shape index (κ3) is 3.54. The Kier molecular flexibility index (Phi) is 5.40. The number of aromatic nitrogens is 2. The van der Waals surface area contributed by atoms with E-state index in [4.69, 9.17) is 5.11 Å². The maximum atomic E-state index is 12.4. The number of carbonyl (C=O) groups is 1. The predicted molar refractivity (Wildman–Crippen MR) is 90.2 cm³/mol. The highest BCUT2D eigenvalue weighted by Gasteiger charge is 2.16. The van der Waals surface area contributed by atoms with Gasteiger partial charge in [0.05, 0.1) is 11.9 Å². The quantitative estimate of drug-likeness (QED) is 0.670. The number of fused-ring (bicyclic) bond motifs is 1. The van der Waals surface area contributed by atoms with Crippen LogP contribution in [0.5, 0.6) is 0 Å². The first kappa shape index (κ1) is 17.0. The monoisotopic (exact) mass is 334 g/mol. The molecule has 7 heteroatoms. The zero-order valence-electron chi connectivity index (χ0n) is 13.1. The molecular formula is C16H18N2O4S. The number of rotatable bonds is 5. The molecule has 0 fully saturated rings. The first-order valence-electron chi connectivity index (χ1n) is 7.39. The summed E-state index contributed by atoms with van der Waals surface area (Å²) in [7, 11) is 1.53. The smallest absolute Gasteiger partial charge is 0.345 e. The molecule has 122 valence electrons. The summed E-state index contributed by atoms with van der Waals surface area (Å²) in [6.07, 6.45) is 3.96. The zero-order chi connectivity index (χ0) is 17.0. The summed E-state index contributed by atoms with van der Waals surface area (Å²) in [5.74, 6) is 4.70. The fourth-order valence-corrected chi connectivity index (χ4v) is 3.16. The fourth-order valence-electron chi connectivity index (χ4n) is 2.22. The van der Waals surface area contributed by atoms with Crippen LogP contribution in [0.4, 0.5) is 0 Å². The van der Waals surface area contributed by atoms with Gasteiger partial charge >= 0.3 is 11.7 Å². The van der Waals surface area contributed by atoms with Gasteiger partial charge in [0.1, 0.15) is 9.71 Å². The zero-order valence-corrected chi connectivity index (χ0v) is 13.9. The lowest BCUT2D eigenvalue weighted by atomic mass is 10.2. The summed E-state index contributed by atoms with van der Waals surface area (Å²) in [5.41, 5.74) is -0.973. The predicted octanol–water partition coefficient (Wildman–Crippen LogP) is 2.04. The summed E-state index contributed by atoms with van der Waals surface area (Å²) >= 11 is 0.921. The second-order valence-electron chi connectivity index (χ2n) is 5.18. The van der Waals surface area contributed by atoms with Crippen LogP contribution < -0.4 is 11.2 Å². The molecule has 0 aliphatic carbocycles. The molecule has 0 spiro atoms. The Labute approximate surface area is 137 Å². The van der Waals surface area contributed by atoms with Crippen LogP contribution >= 0.6 is 11.3 Å². The molecule has 0 unspecified atom stereocenters. The van der Waals surface area contributed by atoms with Crippen LogP contribution in [0.2, 0.25) is 0 Å². The van der Waals surface area contributed by atoms with Crippen LogP contribution in [0.1, 0.15) is 42.3 Å². The summed E-state index contributed by atoms with van der Waals surface area (Å²) in [6, 6.07) is 1.31. The molecule has 0 saturated carbocycles. The van der Waals surface area contributed by atoms with E-state index in [-0.39, 0.29) is 16.8 Å². The van der Waals surface area contributed by atoms with Crippen LogP contribution in [0.25, 0.3) is 10.2 Å². The minimum absolute atomic E-state index is 0.0197. The molecule has 23 heavy (non-hydrogen) atoms. The molecule has 0 bridgehead atoms. The number of carboxylic acids is 1. The summed E-state index contributed by atoms with van der Waals surface area (Å²) < 4.78 is 2.35. The standard InChI is InChI=1S/C16H18N2O4S/c1-3-4-5-6-7-8-9-18-13(19)11-10-12(15(20)21)23-14(11)17(2)16(18)22/h10H,3-6,9H2,1-2H3,(H,20,21). The molecule has 2 rings (SSSR count). The van der Waals surface area contributed by atoms with Gasteiger partial charge in [-0.05, 0) is 12.5 Å². The number of hydrogen-bond donors (Lipinski definition) is 1. The van der Waals surface area contributed by atoms with Crippen molar-refractivity contribution < 1.29 is 9.90 Å². The summed E-state index contributed by atoms with van der Waals surface area (Å²) in [5, 5.41) is 9.28. The number of aromatic carboxylic acids is 1. The van der Waals surface area contributed by atoms with Crippen molar-refractivity contribution in [2.75, 3.05) is 0 Å². The van der Waals surface area contributed by atoms with Crippen LogP contribution in [0, 0.1) is 11.8 Å². The van der Waals surface area contributed by atoms with Gasteiger partial charge in [0.2, 0.25) is 0 Å². The normalized spacial score (nSPS) is 10.5. The van der Waals surface area contributed by atoms with Gasteiger partial charge in [0, 0.05) is 13.5 Å². The molecule has 0 aromatic carbocycles. The molecule has 0 atom stereocenters. The highest BCUT2D eigenvalue weighted by Crippen LogP contribution is 2.21. The van der Waals surface area contributed by atoms with Gasteiger partial charge in [-0.2, -0.15) is 0 Å². The third-order valence-corrected chi connectivity index (χ3v) is 4.69. The van der Waals surface area contributed by atoms with E-state index < -0.39 is 17.2 Å². The van der Waals surface area contributed by atoms with Crippen LogP contribution in [0.3, 0.4) is 0 Å². The molecule has 2 aromatic rings. The van der Waals surface area contributed by atoms with E-state index in [1.54, 1.807) is 0 Å². The number of carboxylic acid groups (broad SMARTS) is 1. The minimum Gasteiger partial charge on any atom is -0.477 e. The van der Waals surface area contributed by atoms with E-state index in [1.807, 2.05) is 0 Å². The van der Waals surface area contributed by atoms with E-state index >= 15 is 0 Å². The minimum atomic E-state index is -1.11. The Morgan fingerprint density at radius 2 is 2.04 bits per heavy atom. The van der Waals surface area contributed by atoms with Crippen molar-refractivity contribution >= 4 is 27.5 Å². The van der Waals surface area contributed by atoms with Gasteiger partial charge < -0.3 is 5.11 Å². The highest BCUT2D eigenvalue weighted by molar-refractivity contribution is 7.20. The Morgan fingerprint density at radius 1 is 1.30 bits per heavy atom. The average molecular weight is 334 g/mol. The summed E-state index contributed by atoms with van der Waals surface area (Å²) in [4.78, 5) is 36.1. The summed E-state index contributed by atoms with van der Waals surface area (Å²) in [6.45, 7) is 2.13. The van der Waals surface area contributed by atoms with Crippen molar-refractivity contribution in [3.05, 3.63) is 31.8 Å². The van der Waals surface area contributed by atoms with E-state index in [2.05, 4.69) is 18.8 Å². The van der Waals surface area contributed by atoms with E-state index in [1.165, 1.54) is 17.7 Å². The van der Waals surface area contributed by atoms with E-state index in [0.717, 1.165) is 41.6 Å². The lowest BCUT2D eigenvalue weighted by Gasteiger charge is -2.04. The molecule has 6 nitrogen and oxygen atoms in total. The van der Waals surface area contributed by atoms with Gasteiger partial charge in [-0.1, -0.05) is 25.7 Å². The van der Waals surface area contributed by atoms with Crippen molar-refractivity contribution in [3.63, 3.8) is 0 Å². The van der Waals surface area contributed by atoms with Crippen LogP contribution in [-0.2, 0) is 13.6 Å². The molecule has 2 heterocycles. The Bertz CT molecular complexity index is 908. The van der Waals surface area contributed by atoms with E-state index in [9.17, 15) is 14.4 Å². The molecular weight excluding hydrogens is 316 g/mol. The maximum absolute atomic E-state index is 12.4. The lowest BCUT2D eigenvalue weighted by molar-refractivity contribution is 0.0702. The molecule has 0 aliphatic heterocycles. The molecule has 2 aromatic heterocycles. The van der Waals surface area contributed by atoms with Crippen molar-refractivity contribution in [1.82, 2.24) is 9.13 Å². The SMILES string of the molecule is CCCCCC#CCn1c(=O)c2cc(C(=O)O)sc2n(C)c1=O. The Morgan fingerprint density at radius 3 is 2.70 bits per heavy atom. The Hall–Kier alpha value is -2.33. The van der Waals surface area contributed by atoms with Gasteiger partial charge in [-0.15, -0.1) is 17.3 Å². The lowest BCUT2D eigenvalue weighted by Crippen LogP contribution is -2.38. The first-order chi connectivity index (χ1) is 11.0. The van der Waals surface area contributed by atoms with Crippen molar-refractivity contribution in [1.29, 1.82) is 0 Å². The molecule has 0 aliphatic rings. The second kappa shape index (κ2) is 7.29. The molecule has 0 amide bonds. The largest absolute Gasteiger partial charge is 0.477 e. The van der Waals surface area contributed by atoms with Gasteiger partial charge in [0.15, 0.2) is 0 Å². The maximum Gasteiger partial charge on any atom is 0.345 e. The highest BCUT2D eigenvalue weighted by atomic mass is 32.1. The van der Waals surface area contributed by atoms with Gasteiger partial charge in [0.25, 0.3) is 5.56 Å². The number of aryl methyl sites for hydroxylation is 1. The molecule has 0 saturated heterocycles. The van der Waals surface area contributed by atoms with Crippen molar-refractivity contribution in [2.24, 2.45) is 7.05 Å². The average Bonchev–Trinajstić information content (AvgIpc) is 2.97. The first-order valence-corrected chi connectivity index (χ1v) is 8.21. The van der Waals surface area contributed by atoms with Crippen molar-refractivity contribution in [2.45, 2.75) is 39.2 Å². The molecule has 0 radical (unpaired) electrons. The number of nitrogens with zero attached hydrogens (tertiary/aromatic N) is 2. The van der Waals surface area contributed by atoms with Gasteiger partial charge in [-0.25, -0.2) is 14.2 Å². The molecule has 1 N–H and O–H groups in total. The van der Waals surface area contributed by atoms with E-state index in [0.29, 0.717) is 4.83 Å². The Balaban J connectivity index is 2.39. The van der Waals surface area contributed by atoms with Crippen molar-refractivity contribution in [3.8, 4) is 11.8 Å². The second-order valence-corrected chi connectivity index (χ2v) is 6.21.